The molecule has 0 atom stereocenters. The molecule has 0 aliphatic carbocycles. The summed E-state index contributed by atoms with van der Waals surface area (Å²) in [6.07, 6.45) is -4.88. The second-order valence-electron chi connectivity index (χ2n) is 6.53. The lowest BCUT2D eigenvalue weighted by molar-refractivity contribution is -0.574. The smallest absolute Gasteiger partial charge is 0.416 e. The number of aryl methyl sites for hydroxylation is 3. The molecule has 152 valence electrons. The molecular formula is C18H14F3N3O4S. The van der Waals surface area contributed by atoms with Gasteiger partial charge in [0.05, 0.1) is 10.5 Å². The normalized spacial score (nSPS) is 11.7. The molecule has 2 aromatic carbocycles. The van der Waals surface area contributed by atoms with E-state index in [1.807, 2.05) is 19.1 Å². The molecule has 0 bridgehead atoms. The predicted molar refractivity (Wildman–Crippen MR) is 101 cm³/mol. The fraction of sp³-hybridized carbons (Fsp3) is 0.222. The molecule has 0 saturated heterocycles. The molecule has 0 fully saturated rings. The summed E-state index contributed by atoms with van der Waals surface area (Å²) in [5.41, 5.74) is 0.0959. The number of nitro benzene ring substituents is 1. The van der Waals surface area contributed by atoms with Crippen molar-refractivity contribution in [3.05, 3.63) is 66.8 Å². The first-order chi connectivity index (χ1) is 13.4. The first-order valence-electron chi connectivity index (χ1n) is 8.21. The summed E-state index contributed by atoms with van der Waals surface area (Å²) in [4.78, 5) is 22.9. The molecule has 0 unspecified atom stereocenters. The van der Waals surface area contributed by atoms with Gasteiger partial charge in [0.25, 0.3) is 5.69 Å². The number of alkyl halides is 3. The number of carbonyl (C=O) groups excluding carboxylic acids is 1. The molecule has 1 aromatic heterocycles. The molecule has 3 rings (SSSR count). The van der Waals surface area contributed by atoms with Gasteiger partial charge in [0.1, 0.15) is 0 Å². The number of thiazole rings is 1. The summed E-state index contributed by atoms with van der Waals surface area (Å²) in [5.74, 6) is -0.862. The van der Waals surface area contributed by atoms with Crippen molar-refractivity contribution in [2.45, 2.75) is 26.9 Å². The van der Waals surface area contributed by atoms with Gasteiger partial charge >= 0.3 is 17.1 Å². The van der Waals surface area contributed by atoms with Crippen molar-refractivity contribution in [3.63, 3.8) is 0 Å². The van der Waals surface area contributed by atoms with E-state index < -0.39 is 38.8 Å². The SMILES string of the molecule is Cc1cc(C)c(NC(=O)c2sc3c([N+](=O)[O-])cc(C(F)(F)F)cc3[n+]2[O-])c(C)c1. The van der Waals surface area contributed by atoms with Crippen LogP contribution in [0.15, 0.2) is 24.3 Å². The number of aromatic nitrogens is 1. The van der Waals surface area contributed by atoms with Crippen molar-refractivity contribution >= 4 is 38.8 Å². The van der Waals surface area contributed by atoms with Crippen molar-refractivity contribution in [1.29, 1.82) is 0 Å². The second kappa shape index (κ2) is 6.99. The lowest BCUT2D eigenvalue weighted by Gasteiger charge is -2.11. The summed E-state index contributed by atoms with van der Waals surface area (Å²) in [6.45, 7) is 5.39. The predicted octanol–water partition coefficient (Wildman–Crippen LogP) is 4.64. The zero-order valence-electron chi connectivity index (χ0n) is 15.4. The van der Waals surface area contributed by atoms with Gasteiger partial charge in [-0.05, 0) is 43.2 Å². The van der Waals surface area contributed by atoms with E-state index in [1.54, 1.807) is 13.8 Å². The van der Waals surface area contributed by atoms with Gasteiger partial charge in [-0.2, -0.15) is 13.2 Å². The van der Waals surface area contributed by atoms with Gasteiger partial charge in [-0.1, -0.05) is 17.7 Å². The van der Waals surface area contributed by atoms with Crippen LogP contribution in [0.25, 0.3) is 10.2 Å². The van der Waals surface area contributed by atoms with E-state index >= 15 is 0 Å². The average molecular weight is 425 g/mol. The van der Waals surface area contributed by atoms with Crippen molar-refractivity contribution in [3.8, 4) is 0 Å². The van der Waals surface area contributed by atoms with Crippen LogP contribution in [0, 0.1) is 36.1 Å². The molecular weight excluding hydrogens is 411 g/mol. The number of nitro groups is 1. The highest BCUT2D eigenvalue weighted by molar-refractivity contribution is 7.20. The highest BCUT2D eigenvalue weighted by Crippen LogP contribution is 2.38. The summed E-state index contributed by atoms with van der Waals surface area (Å²) in [7, 11) is 0. The Labute approximate surface area is 166 Å². The standard InChI is InChI=1S/C18H14F3N3O4S/c1-8-4-9(2)14(10(3)5-8)22-16(25)17-23(26)12-6-11(18(19,20)21)7-13(24(27)28)15(12)29-17/h4-7H,1-3H3,(H,22,25). The number of halogens is 3. The van der Waals surface area contributed by atoms with Gasteiger partial charge in [0.2, 0.25) is 5.52 Å². The summed E-state index contributed by atoms with van der Waals surface area (Å²) in [6, 6.07) is 4.50. The third-order valence-electron chi connectivity index (χ3n) is 4.29. The third kappa shape index (κ3) is 3.73. The van der Waals surface area contributed by atoms with Crippen LogP contribution in [0.3, 0.4) is 0 Å². The topological polar surface area (TPSA) is 99.2 Å². The van der Waals surface area contributed by atoms with Crippen LogP contribution < -0.4 is 10.0 Å². The Hall–Kier alpha value is -3.21. The zero-order valence-corrected chi connectivity index (χ0v) is 16.2. The number of nitrogens with zero attached hydrogens (tertiary/aromatic N) is 2. The Balaban J connectivity index is 2.14. The van der Waals surface area contributed by atoms with Gasteiger partial charge in [-0.25, -0.2) is 0 Å². The molecule has 1 amide bonds. The Morgan fingerprint density at radius 2 is 1.72 bits per heavy atom. The molecule has 29 heavy (non-hydrogen) atoms. The number of anilines is 1. The quantitative estimate of drug-likeness (QED) is 0.286. The van der Waals surface area contributed by atoms with E-state index in [2.05, 4.69) is 5.32 Å². The van der Waals surface area contributed by atoms with Gasteiger partial charge < -0.3 is 10.5 Å². The first-order valence-corrected chi connectivity index (χ1v) is 9.02. The molecule has 0 radical (unpaired) electrons. The fourth-order valence-corrected chi connectivity index (χ4v) is 4.09. The number of amides is 1. The molecule has 0 spiro atoms. The van der Waals surface area contributed by atoms with Crippen LogP contribution in [-0.2, 0) is 6.18 Å². The summed E-state index contributed by atoms with van der Waals surface area (Å²) < 4.78 is 38.9. The van der Waals surface area contributed by atoms with E-state index in [9.17, 15) is 33.3 Å². The number of hydrogen-bond donors (Lipinski definition) is 1. The number of non-ortho nitro benzene ring substituents is 1. The molecule has 1 N–H and O–H groups in total. The lowest BCUT2D eigenvalue weighted by Crippen LogP contribution is -2.34. The highest BCUT2D eigenvalue weighted by atomic mass is 32.1. The monoisotopic (exact) mass is 425 g/mol. The maximum Gasteiger partial charge on any atom is 0.416 e. The fourth-order valence-electron chi connectivity index (χ4n) is 3.08. The number of carbonyl (C=O) groups is 1. The lowest BCUT2D eigenvalue weighted by atomic mass is 10.1. The number of hydrogen-bond acceptors (Lipinski definition) is 5. The Morgan fingerprint density at radius 1 is 1.14 bits per heavy atom. The van der Waals surface area contributed by atoms with Crippen LogP contribution in [0.5, 0.6) is 0 Å². The van der Waals surface area contributed by atoms with Gasteiger partial charge in [0, 0.05) is 17.8 Å². The van der Waals surface area contributed by atoms with Gasteiger partial charge in [-0.3, -0.25) is 14.9 Å². The number of rotatable bonds is 3. The molecule has 0 saturated carbocycles. The van der Waals surface area contributed by atoms with Gasteiger partial charge in [-0.15, -0.1) is 4.73 Å². The average Bonchev–Trinajstić information content (AvgIpc) is 2.93. The van der Waals surface area contributed by atoms with Crippen molar-refractivity contribution < 1.29 is 27.6 Å². The largest absolute Gasteiger partial charge is 0.617 e. The Bertz CT molecular complexity index is 1150. The summed E-state index contributed by atoms with van der Waals surface area (Å²) >= 11 is 0.470. The molecule has 11 heteroatoms. The van der Waals surface area contributed by atoms with Crippen LogP contribution in [-0.4, -0.2) is 10.8 Å². The highest BCUT2D eigenvalue weighted by Gasteiger charge is 2.37. The van der Waals surface area contributed by atoms with Gasteiger partial charge in [0.15, 0.2) is 4.70 Å². The van der Waals surface area contributed by atoms with Crippen molar-refractivity contribution in [2.75, 3.05) is 5.32 Å². The van der Waals surface area contributed by atoms with E-state index in [-0.39, 0.29) is 9.43 Å². The first kappa shape index (κ1) is 20.5. The van der Waals surface area contributed by atoms with E-state index in [1.165, 1.54) is 0 Å². The number of benzene rings is 2. The molecule has 1 heterocycles. The minimum Gasteiger partial charge on any atom is -0.617 e. The van der Waals surface area contributed by atoms with E-state index in [4.69, 9.17) is 0 Å². The van der Waals surface area contributed by atoms with E-state index in [0.717, 1.165) is 16.7 Å². The molecule has 0 aliphatic rings. The Morgan fingerprint density at radius 3 is 2.24 bits per heavy atom. The van der Waals surface area contributed by atoms with Crippen molar-refractivity contribution in [2.24, 2.45) is 0 Å². The molecule has 0 aliphatic heterocycles. The van der Waals surface area contributed by atoms with Crippen LogP contribution in [0.4, 0.5) is 24.5 Å². The molecule has 3 aromatic rings. The maximum atomic E-state index is 13.1. The third-order valence-corrected chi connectivity index (χ3v) is 5.45. The zero-order chi connectivity index (χ0) is 21.7. The van der Waals surface area contributed by atoms with Crippen molar-refractivity contribution in [1.82, 2.24) is 0 Å². The van der Waals surface area contributed by atoms with Crippen LogP contribution >= 0.6 is 11.3 Å². The van der Waals surface area contributed by atoms with Crippen LogP contribution in [0.1, 0.15) is 32.1 Å². The van der Waals surface area contributed by atoms with E-state index in [0.29, 0.717) is 29.2 Å². The Kier molecular flexibility index (Phi) is 4.95. The minimum atomic E-state index is -4.88. The summed E-state index contributed by atoms with van der Waals surface area (Å²) in [5, 5.41) is 25.8. The van der Waals surface area contributed by atoms with Crippen LogP contribution in [0.2, 0.25) is 0 Å². The molecule has 7 nitrogen and oxygen atoms in total. The number of nitrogens with one attached hydrogen (secondary N) is 1. The second-order valence-corrected chi connectivity index (χ2v) is 7.53. The maximum absolute atomic E-state index is 13.1. The number of fused-ring (bicyclic) bond motifs is 1. The minimum absolute atomic E-state index is 0.00354.